The molecule has 0 aromatic carbocycles. The average Bonchev–Trinajstić information content (AvgIpc) is 2.89. The van der Waals surface area contributed by atoms with Crippen molar-refractivity contribution in [3.05, 3.63) is 17.8 Å². The Hall–Kier alpha value is -1.16. The molecule has 1 aromatic rings. The van der Waals surface area contributed by atoms with E-state index in [1.165, 1.54) is 25.8 Å². The van der Waals surface area contributed by atoms with Crippen LogP contribution in [0, 0.1) is 5.92 Å². The molecule has 4 nitrogen and oxygen atoms in total. The van der Waals surface area contributed by atoms with E-state index in [1.54, 1.807) is 0 Å². The maximum Gasteiger partial charge on any atom is 0.150 e. The Morgan fingerprint density at radius 2 is 2.21 bits per heavy atom. The zero-order chi connectivity index (χ0) is 13.7. The highest BCUT2D eigenvalue weighted by molar-refractivity contribution is 5.36. The van der Waals surface area contributed by atoms with Gasteiger partial charge in [-0.25, -0.2) is 0 Å². The van der Waals surface area contributed by atoms with Gasteiger partial charge in [-0.3, -0.25) is 0 Å². The van der Waals surface area contributed by atoms with Gasteiger partial charge in [-0.15, -0.1) is 5.10 Å². The fourth-order valence-electron chi connectivity index (χ4n) is 2.55. The van der Waals surface area contributed by atoms with E-state index in [0.717, 1.165) is 24.5 Å². The van der Waals surface area contributed by atoms with Crippen LogP contribution in [-0.2, 0) is 6.42 Å². The Labute approximate surface area is 116 Å². The lowest BCUT2D eigenvalue weighted by atomic mass is 10.1. The predicted molar refractivity (Wildman–Crippen MR) is 79.5 cm³/mol. The molecule has 1 saturated heterocycles. The van der Waals surface area contributed by atoms with E-state index < -0.39 is 0 Å². The topological polar surface area (TPSA) is 41.0 Å². The molecule has 2 heterocycles. The van der Waals surface area contributed by atoms with Crippen molar-refractivity contribution in [2.45, 2.75) is 45.6 Å². The molecule has 0 amide bonds. The highest BCUT2D eigenvalue weighted by atomic mass is 15.2. The van der Waals surface area contributed by atoms with Gasteiger partial charge in [-0.1, -0.05) is 13.8 Å². The van der Waals surface area contributed by atoms with E-state index in [4.69, 9.17) is 0 Å². The molecule has 0 spiro atoms. The van der Waals surface area contributed by atoms with E-state index in [0.29, 0.717) is 12.0 Å². The second-order valence-corrected chi connectivity index (χ2v) is 5.98. The van der Waals surface area contributed by atoms with Gasteiger partial charge in [-0.2, -0.15) is 5.10 Å². The standard InChI is InChI=1S/C15H26N4/c1-12(2)11-14-6-7-15(18-17-14)19(3)10-8-13-5-4-9-16-13/h6-7,12-13,16H,4-5,8-11H2,1-3H3. The first-order valence-electron chi connectivity index (χ1n) is 7.42. The third-order valence-corrected chi connectivity index (χ3v) is 3.69. The monoisotopic (exact) mass is 262 g/mol. The highest BCUT2D eigenvalue weighted by Gasteiger charge is 2.14. The lowest BCUT2D eigenvalue weighted by molar-refractivity contribution is 0.557. The van der Waals surface area contributed by atoms with E-state index in [-0.39, 0.29) is 0 Å². The normalized spacial score (nSPS) is 19.1. The zero-order valence-electron chi connectivity index (χ0n) is 12.4. The van der Waals surface area contributed by atoms with Crippen molar-refractivity contribution in [2.75, 3.05) is 25.0 Å². The van der Waals surface area contributed by atoms with Crippen LogP contribution >= 0.6 is 0 Å². The fraction of sp³-hybridized carbons (Fsp3) is 0.733. The van der Waals surface area contributed by atoms with Gasteiger partial charge in [0, 0.05) is 19.6 Å². The van der Waals surface area contributed by atoms with Crippen LogP contribution in [-0.4, -0.2) is 36.4 Å². The van der Waals surface area contributed by atoms with Crippen molar-refractivity contribution in [1.29, 1.82) is 0 Å². The number of hydrogen-bond donors (Lipinski definition) is 1. The Bertz CT molecular complexity index is 368. The van der Waals surface area contributed by atoms with Gasteiger partial charge in [0.2, 0.25) is 0 Å². The number of rotatable bonds is 6. The third-order valence-electron chi connectivity index (χ3n) is 3.69. The Balaban J connectivity index is 1.82. The van der Waals surface area contributed by atoms with Gasteiger partial charge in [0.25, 0.3) is 0 Å². The minimum absolute atomic E-state index is 0.631. The maximum absolute atomic E-state index is 4.33. The molecule has 0 bridgehead atoms. The lowest BCUT2D eigenvalue weighted by Gasteiger charge is -2.20. The van der Waals surface area contributed by atoms with Crippen LogP contribution in [0.2, 0.25) is 0 Å². The molecule has 19 heavy (non-hydrogen) atoms. The second kappa shape index (κ2) is 6.85. The number of aromatic nitrogens is 2. The molecule has 0 radical (unpaired) electrons. The number of hydrogen-bond acceptors (Lipinski definition) is 4. The molecule has 0 aliphatic carbocycles. The summed E-state index contributed by atoms with van der Waals surface area (Å²) in [5, 5.41) is 12.2. The molecule has 4 heteroatoms. The summed E-state index contributed by atoms with van der Waals surface area (Å²) in [6.45, 7) is 6.63. The molecule has 1 N–H and O–H groups in total. The quantitative estimate of drug-likeness (QED) is 0.854. The molecule has 106 valence electrons. The molecule has 1 atom stereocenters. The predicted octanol–water partition coefficient (Wildman–Crippen LogP) is 2.25. The molecule has 1 fully saturated rings. The van der Waals surface area contributed by atoms with Crippen molar-refractivity contribution < 1.29 is 0 Å². The zero-order valence-corrected chi connectivity index (χ0v) is 12.4. The van der Waals surface area contributed by atoms with E-state index >= 15 is 0 Å². The van der Waals surface area contributed by atoms with Gasteiger partial charge in [-0.05, 0) is 50.3 Å². The van der Waals surface area contributed by atoms with Crippen LogP contribution in [0.1, 0.15) is 38.8 Å². The molecule has 1 aliphatic heterocycles. The number of nitrogens with one attached hydrogen (secondary N) is 1. The summed E-state index contributed by atoms with van der Waals surface area (Å²) >= 11 is 0. The third kappa shape index (κ3) is 4.46. The van der Waals surface area contributed by atoms with E-state index in [9.17, 15) is 0 Å². The highest BCUT2D eigenvalue weighted by Crippen LogP contribution is 2.13. The fourth-order valence-corrected chi connectivity index (χ4v) is 2.55. The molecular formula is C15H26N4. The summed E-state index contributed by atoms with van der Waals surface area (Å²) < 4.78 is 0. The first kappa shape index (κ1) is 14.3. The van der Waals surface area contributed by atoms with Gasteiger partial charge in [0.1, 0.15) is 0 Å². The van der Waals surface area contributed by atoms with E-state index in [2.05, 4.69) is 53.4 Å². The smallest absolute Gasteiger partial charge is 0.150 e. The minimum atomic E-state index is 0.631. The first-order valence-corrected chi connectivity index (χ1v) is 7.42. The summed E-state index contributed by atoms with van der Waals surface area (Å²) in [5.74, 6) is 1.61. The van der Waals surface area contributed by atoms with Crippen molar-refractivity contribution in [1.82, 2.24) is 15.5 Å². The average molecular weight is 262 g/mol. The number of nitrogens with zero attached hydrogens (tertiary/aromatic N) is 3. The Kier molecular flexibility index (Phi) is 5.14. The van der Waals surface area contributed by atoms with Crippen LogP contribution in [0.4, 0.5) is 5.82 Å². The van der Waals surface area contributed by atoms with Crippen LogP contribution < -0.4 is 10.2 Å². The maximum atomic E-state index is 4.33. The van der Waals surface area contributed by atoms with Crippen molar-refractivity contribution in [2.24, 2.45) is 5.92 Å². The molecule has 0 saturated carbocycles. The summed E-state index contributed by atoms with van der Waals surface area (Å²) in [6.07, 6.45) is 4.82. The lowest BCUT2D eigenvalue weighted by Crippen LogP contribution is -2.28. The SMILES string of the molecule is CC(C)Cc1ccc(N(C)CCC2CCCN2)nn1. The van der Waals surface area contributed by atoms with Crippen LogP contribution in [0.15, 0.2) is 12.1 Å². The van der Waals surface area contributed by atoms with Crippen LogP contribution in [0.3, 0.4) is 0 Å². The van der Waals surface area contributed by atoms with Crippen LogP contribution in [0.5, 0.6) is 0 Å². The van der Waals surface area contributed by atoms with Crippen molar-refractivity contribution in [3.8, 4) is 0 Å². The molecular weight excluding hydrogens is 236 g/mol. The molecule has 1 unspecified atom stereocenters. The summed E-state index contributed by atoms with van der Waals surface area (Å²) in [4.78, 5) is 2.20. The Morgan fingerprint density at radius 1 is 1.37 bits per heavy atom. The number of anilines is 1. The molecule has 1 aliphatic rings. The van der Waals surface area contributed by atoms with Gasteiger partial charge in [0.05, 0.1) is 5.69 Å². The van der Waals surface area contributed by atoms with E-state index in [1.807, 2.05) is 0 Å². The summed E-state index contributed by atoms with van der Waals surface area (Å²) in [7, 11) is 2.10. The molecule has 2 rings (SSSR count). The molecule has 1 aromatic heterocycles. The van der Waals surface area contributed by atoms with Gasteiger partial charge < -0.3 is 10.2 Å². The first-order chi connectivity index (χ1) is 9.15. The second-order valence-electron chi connectivity index (χ2n) is 5.98. The minimum Gasteiger partial charge on any atom is -0.358 e. The van der Waals surface area contributed by atoms with Crippen molar-refractivity contribution >= 4 is 5.82 Å². The van der Waals surface area contributed by atoms with Gasteiger partial charge >= 0.3 is 0 Å². The summed E-state index contributed by atoms with van der Waals surface area (Å²) in [5.41, 5.74) is 1.09. The van der Waals surface area contributed by atoms with Crippen molar-refractivity contribution in [3.63, 3.8) is 0 Å². The van der Waals surface area contributed by atoms with Crippen LogP contribution in [0.25, 0.3) is 0 Å². The largest absolute Gasteiger partial charge is 0.358 e. The Morgan fingerprint density at radius 3 is 2.79 bits per heavy atom. The summed E-state index contributed by atoms with van der Waals surface area (Å²) in [6, 6.07) is 4.88. The van der Waals surface area contributed by atoms with Gasteiger partial charge in [0.15, 0.2) is 5.82 Å².